The Morgan fingerprint density at radius 3 is 2.55 bits per heavy atom. The number of hydrogen-bond donors (Lipinski definition) is 1. The predicted molar refractivity (Wildman–Crippen MR) is 108 cm³/mol. The average molecular weight is 396 g/mol. The van der Waals surface area contributed by atoms with Gasteiger partial charge in [-0.15, -0.1) is 0 Å². The maximum absolute atomic E-state index is 14.9. The monoisotopic (exact) mass is 396 g/mol. The smallest absolute Gasteiger partial charge is 0.341 e. The molecule has 1 aliphatic heterocycles. The average Bonchev–Trinajstić information content (AvgIpc) is 3.52. The number of pyridine rings is 2. The first-order valence-corrected chi connectivity index (χ1v) is 9.78. The summed E-state index contributed by atoms with van der Waals surface area (Å²) in [7, 11) is 2.05. The highest BCUT2D eigenvalue weighted by atomic mass is 19.1. The van der Waals surface area contributed by atoms with E-state index in [2.05, 4.69) is 9.88 Å². The fraction of sp³-hybridized carbons (Fsp3) is 0.381. The van der Waals surface area contributed by atoms with Crippen molar-refractivity contribution in [3.8, 4) is 0 Å². The number of halogens is 1. The van der Waals surface area contributed by atoms with Crippen LogP contribution in [-0.2, 0) is 0 Å². The van der Waals surface area contributed by atoms with Crippen LogP contribution in [0.4, 0.5) is 10.1 Å². The first kappa shape index (κ1) is 18.1. The molecule has 1 saturated carbocycles. The molecule has 7 nitrogen and oxygen atoms in total. The number of carbonyl (C=O) groups is 1. The second-order valence-corrected chi connectivity index (χ2v) is 7.96. The van der Waals surface area contributed by atoms with E-state index in [9.17, 15) is 19.1 Å². The summed E-state index contributed by atoms with van der Waals surface area (Å²) in [6, 6.07) is 4.85. The van der Waals surface area contributed by atoms with Crippen LogP contribution in [-0.4, -0.2) is 58.8 Å². The molecule has 2 fully saturated rings. The van der Waals surface area contributed by atoms with E-state index in [1.807, 2.05) is 11.9 Å². The molecule has 0 radical (unpaired) electrons. The van der Waals surface area contributed by atoms with Crippen molar-refractivity contribution in [3.05, 3.63) is 46.0 Å². The molecule has 0 atom stereocenters. The van der Waals surface area contributed by atoms with Crippen LogP contribution in [0.5, 0.6) is 0 Å². The van der Waals surface area contributed by atoms with Gasteiger partial charge in [-0.1, -0.05) is 0 Å². The van der Waals surface area contributed by atoms with E-state index in [1.165, 1.54) is 12.3 Å². The molecule has 29 heavy (non-hydrogen) atoms. The van der Waals surface area contributed by atoms with Crippen molar-refractivity contribution in [1.29, 1.82) is 0 Å². The molecule has 1 N–H and O–H groups in total. The number of aromatic carboxylic acids is 1. The normalized spacial score (nSPS) is 17.9. The third-order valence-corrected chi connectivity index (χ3v) is 5.88. The number of nitrogens with zero attached hydrogens (tertiary/aromatic N) is 4. The Morgan fingerprint density at radius 2 is 1.90 bits per heavy atom. The molecule has 0 spiro atoms. The zero-order valence-corrected chi connectivity index (χ0v) is 16.1. The van der Waals surface area contributed by atoms with Gasteiger partial charge in [0.05, 0.1) is 16.6 Å². The topological polar surface area (TPSA) is 78.7 Å². The Balaban J connectivity index is 1.72. The summed E-state index contributed by atoms with van der Waals surface area (Å²) in [6.45, 7) is 3.20. The lowest BCUT2D eigenvalue weighted by Gasteiger charge is -2.34. The number of rotatable bonds is 3. The van der Waals surface area contributed by atoms with Crippen molar-refractivity contribution in [1.82, 2.24) is 14.5 Å². The van der Waals surface area contributed by atoms with E-state index in [0.29, 0.717) is 22.2 Å². The Hall–Kier alpha value is -3.00. The quantitative estimate of drug-likeness (QED) is 0.686. The molecule has 0 unspecified atom stereocenters. The predicted octanol–water partition coefficient (Wildman–Crippen LogP) is 2.47. The summed E-state index contributed by atoms with van der Waals surface area (Å²) in [5, 5.41) is 10.1. The minimum Gasteiger partial charge on any atom is -0.477 e. The number of aromatic nitrogens is 2. The van der Waals surface area contributed by atoms with Crippen LogP contribution in [0.15, 0.2) is 29.2 Å². The minimum atomic E-state index is -1.26. The fourth-order valence-corrected chi connectivity index (χ4v) is 4.01. The summed E-state index contributed by atoms with van der Waals surface area (Å²) in [5.74, 6) is -1.62. The van der Waals surface area contributed by atoms with Gasteiger partial charge in [-0.3, -0.25) is 4.79 Å². The lowest BCUT2D eigenvalue weighted by Crippen LogP contribution is -2.44. The molecule has 0 bridgehead atoms. The summed E-state index contributed by atoms with van der Waals surface area (Å²) < 4.78 is 16.7. The van der Waals surface area contributed by atoms with E-state index in [1.54, 1.807) is 16.7 Å². The van der Waals surface area contributed by atoms with Gasteiger partial charge in [0.15, 0.2) is 0 Å². The molecular formula is C21H21FN4O3. The number of anilines is 1. The van der Waals surface area contributed by atoms with Crippen molar-refractivity contribution < 1.29 is 14.3 Å². The number of likely N-dealkylation sites (N-methyl/N-ethyl adjacent to an activating group) is 1. The van der Waals surface area contributed by atoms with E-state index in [4.69, 9.17) is 0 Å². The molecule has 150 valence electrons. The Bertz CT molecular complexity index is 1210. The van der Waals surface area contributed by atoms with Crippen molar-refractivity contribution in [2.45, 2.75) is 18.9 Å². The van der Waals surface area contributed by atoms with Gasteiger partial charge in [0.2, 0.25) is 5.43 Å². The second kappa shape index (κ2) is 6.52. The molecule has 5 rings (SSSR count). The highest BCUT2D eigenvalue weighted by molar-refractivity contribution is 5.97. The standard InChI is InChI=1S/C21H21FN4O3/c1-24-4-6-25(7-5-24)18-10-17-12(9-16(18)22)8-14-19(27)15(21(28)29)11-26(13-2-3-13)20(14)23-17/h8-11,13H,2-7H2,1H3,(H,28,29). The third-order valence-electron chi connectivity index (χ3n) is 5.88. The van der Waals surface area contributed by atoms with E-state index in [-0.39, 0.29) is 22.8 Å². The molecule has 1 saturated heterocycles. The maximum Gasteiger partial charge on any atom is 0.341 e. The fourth-order valence-electron chi connectivity index (χ4n) is 4.01. The van der Waals surface area contributed by atoms with Gasteiger partial charge in [-0.05, 0) is 38.1 Å². The van der Waals surface area contributed by atoms with Crippen LogP contribution in [0.2, 0.25) is 0 Å². The van der Waals surface area contributed by atoms with E-state index < -0.39 is 11.4 Å². The molecule has 8 heteroatoms. The number of carboxylic acids is 1. The molecule has 1 aromatic carbocycles. The van der Waals surface area contributed by atoms with Crippen molar-refractivity contribution in [2.24, 2.45) is 0 Å². The molecule has 1 aliphatic carbocycles. The van der Waals surface area contributed by atoms with Gasteiger partial charge in [-0.2, -0.15) is 0 Å². The molecule has 3 aromatic rings. The van der Waals surface area contributed by atoms with Crippen LogP contribution in [0, 0.1) is 5.82 Å². The van der Waals surface area contributed by atoms with Crippen molar-refractivity contribution >= 4 is 33.6 Å². The molecular weight excluding hydrogens is 375 g/mol. The Kier molecular flexibility index (Phi) is 4.06. The van der Waals surface area contributed by atoms with Crippen LogP contribution >= 0.6 is 0 Å². The Labute approximate surface area is 166 Å². The van der Waals surface area contributed by atoms with Crippen molar-refractivity contribution in [3.63, 3.8) is 0 Å². The molecule has 2 aliphatic rings. The largest absolute Gasteiger partial charge is 0.477 e. The molecule has 3 heterocycles. The van der Waals surface area contributed by atoms with Gasteiger partial charge >= 0.3 is 5.97 Å². The number of carboxylic acid groups (broad SMARTS) is 1. The van der Waals surface area contributed by atoms with E-state index in [0.717, 1.165) is 39.0 Å². The highest BCUT2D eigenvalue weighted by Crippen LogP contribution is 2.37. The van der Waals surface area contributed by atoms with E-state index >= 15 is 0 Å². The van der Waals surface area contributed by atoms with Crippen LogP contribution in [0.1, 0.15) is 29.2 Å². The van der Waals surface area contributed by atoms with Gasteiger partial charge in [0.25, 0.3) is 0 Å². The lowest BCUT2D eigenvalue weighted by atomic mass is 10.1. The zero-order chi connectivity index (χ0) is 20.3. The summed E-state index contributed by atoms with van der Waals surface area (Å²) in [5.41, 5.74) is 0.720. The first-order chi connectivity index (χ1) is 13.9. The van der Waals surface area contributed by atoms with Crippen LogP contribution in [0.3, 0.4) is 0 Å². The number of fused-ring (bicyclic) bond motifs is 2. The van der Waals surface area contributed by atoms with Gasteiger partial charge < -0.3 is 19.5 Å². The number of hydrogen-bond acceptors (Lipinski definition) is 5. The first-order valence-electron chi connectivity index (χ1n) is 9.78. The third kappa shape index (κ3) is 3.04. The van der Waals surface area contributed by atoms with Gasteiger partial charge in [0, 0.05) is 43.8 Å². The lowest BCUT2D eigenvalue weighted by molar-refractivity contribution is 0.0695. The van der Waals surface area contributed by atoms with Crippen LogP contribution in [0.25, 0.3) is 21.9 Å². The molecule has 0 amide bonds. The summed E-state index contributed by atoms with van der Waals surface area (Å²) >= 11 is 0. The SMILES string of the molecule is CN1CCN(c2cc3nc4c(cc3cc2F)c(=O)c(C(=O)O)cn4C2CC2)CC1. The zero-order valence-electron chi connectivity index (χ0n) is 16.1. The van der Waals surface area contributed by atoms with Crippen molar-refractivity contribution in [2.75, 3.05) is 38.1 Å². The highest BCUT2D eigenvalue weighted by Gasteiger charge is 2.28. The second-order valence-electron chi connectivity index (χ2n) is 7.96. The maximum atomic E-state index is 14.9. The number of piperazine rings is 1. The summed E-state index contributed by atoms with van der Waals surface area (Å²) in [4.78, 5) is 33.1. The molecule has 2 aromatic heterocycles. The van der Waals surface area contributed by atoms with Crippen LogP contribution < -0.4 is 10.3 Å². The minimum absolute atomic E-state index is 0.152. The van der Waals surface area contributed by atoms with Gasteiger partial charge in [-0.25, -0.2) is 14.2 Å². The number of benzene rings is 1. The van der Waals surface area contributed by atoms with Gasteiger partial charge in [0.1, 0.15) is 17.0 Å². The summed E-state index contributed by atoms with van der Waals surface area (Å²) in [6.07, 6.45) is 3.24. The Morgan fingerprint density at radius 1 is 1.17 bits per heavy atom.